The number of fused-ring (bicyclic) bond motifs is 1. The molecule has 0 radical (unpaired) electrons. The summed E-state index contributed by atoms with van der Waals surface area (Å²) >= 11 is 0. The normalized spacial score (nSPS) is 16.4. The molecule has 0 N–H and O–H groups in total. The number of hydrogen-bond acceptors (Lipinski definition) is 8. The summed E-state index contributed by atoms with van der Waals surface area (Å²) in [5.41, 5.74) is 2.43. The SMILES string of the molecule is COc1cc2c(cc1OC)CN(c1nncc(N3CCN(C(C)=O)CC3)n1)CC2. The number of methoxy groups -OCH3 is 2. The fourth-order valence-corrected chi connectivity index (χ4v) is 3.88. The lowest BCUT2D eigenvalue weighted by molar-refractivity contribution is -0.129. The van der Waals surface area contributed by atoms with E-state index in [9.17, 15) is 4.79 Å². The predicted octanol–water partition coefficient (Wildman–Crippen LogP) is 1.12. The van der Waals surface area contributed by atoms with Crippen LogP contribution in [0.4, 0.5) is 11.8 Å². The number of hydrogen-bond donors (Lipinski definition) is 0. The summed E-state index contributed by atoms with van der Waals surface area (Å²) in [5, 5.41) is 8.45. The van der Waals surface area contributed by atoms with Crippen LogP contribution < -0.4 is 19.3 Å². The summed E-state index contributed by atoms with van der Waals surface area (Å²) in [5.74, 6) is 3.02. The lowest BCUT2D eigenvalue weighted by atomic mass is 9.99. The summed E-state index contributed by atoms with van der Waals surface area (Å²) in [7, 11) is 3.30. The van der Waals surface area contributed by atoms with E-state index < -0.39 is 0 Å². The number of aromatic nitrogens is 3. The highest BCUT2D eigenvalue weighted by atomic mass is 16.5. The van der Waals surface area contributed by atoms with Crippen LogP contribution in [0.3, 0.4) is 0 Å². The number of rotatable bonds is 4. The topological polar surface area (TPSA) is 83.9 Å². The molecule has 0 atom stereocenters. The largest absolute Gasteiger partial charge is 0.493 e. The van der Waals surface area contributed by atoms with Gasteiger partial charge in [-0.1, -0.05) is 0 Å². The van der Waals surface area contributed by atoms with Crippen LogP contribution in [0.25, 0.3) is 0 Å². The van der Waals surface area contributed by atoms with Crippen LogP contribution in [-0.4, -0.2) is 72.9 Å². The van der Waals surface area contributed by atoms with Crippen LogP contribution in [0.15, 0.2) is 18.3 Å². The van der Waals surface area contributed by atoms with Gasteiger partial charge in [0.05, 0.1) is 20.4 Å². The molecule has 0 aliphatic carbocycles. The molecule has 0 unspecified atom stereocenters. The van der Waals surface area contributed by atoms with Crippen LogP contribution >= 0.6 is 0 Å². The van der Waals surface area contributed by atoms with Crippen LogP contribution in [-0.2, 0) is 17.8 Å². The number of carbonyl (C=O) groups is 1. The van der Waals surface area contributed by atoms with Gasteiger partial charge in [0, 0.05) is 46.2 Å². The van der Waals surface area contributed by atoms with Gasteiger partial charge in [-0.3, -0.25) is 4.79 Å². The maximum atomic E-state index is 11.5. The van der Waals surface area contributed by atoms with Crippen molar-refractivity contribution in [3.63, 3.8) is 0 Å². The fraction of sp³-hybridized carbons (Fsp3) is 0.500. The molecule has 0 spiro atoms. The second-order valence-electron chi connectivity index (χ2n) is 7.26. The molecular weight excluding hydrogens is 372 g/mol. The summed E-state index contributed by atoms with van der Waals surface area (Å²) in [6, 6.07) is 4.08. The van der Waals surface area contributed by atoms with Gasteiger partial charge in [-0.25, -0.2) is 0 Å². The van der Waals surface area contributed by atoms with Gasteiger partial charge >= 0.3 is 0 Å². The second kappa shape index (κ2) is 8.10. The van der Waals surface area contributed by atoms with Crippen molar-refractivity contribution in [3.05, 3.63) is 29.5 Å². The number of nitrogens with zero attached hydrogens (tertiary/aromatic N) is 6. The van der Waals surface area contributed by atoms with Gasteiger partial charge in [0.1, 0.15) is 0 Å². The first-order chi connectivity index (χ1) is 14.1. The minimum absolute atomic E-state index is 0.116. The van der Waals surface area contributed by atoms with E-state index in [0.717, 1.165) is 43.4 Å². The summed E-state index contributed by atoms with van der Waals surface area (Å²) in [6.07, 6.45) is 2.57. The fourth-order valence-electron chi connectivity index (χ4n) is 3.88. The minimum atomic E-state index is 0.116. The van der Waals surface area contributed by atoms with E-state index in [1.54, 1.807) is 27.3 Å². The minimum Gasteiger partial charge on any atom is -0.493 e. The number of anilines is 2. The van der Waals surface area contributed by atoms with Crippen molar-refractivity contribution in [1.82, 2.24) is 20.1 Å². The van der Waals surface area contributed by atoms with E-state index in [1.165, 1.54) is 11.1 Å². The Kier molecular flexibility index (Phi) is 5.37. The molecule has 1 aromatic carbocycles. The number of carbonyl (C=O) groups excluding carboxylic acids is 1. The van der Waals surface area contributed by atoms with Gasteiger partial charge in [0.15, 0.2) is 17.3 Å². The number of piperazine rings is 1. The predicted molar refractivity (Wildman–Crippen MR) is 109 cm³/mol. The zero-order chi connectivity index (χ0) is 20.4. The first-order valence-electron chi connectivity index (χ1n) is 9.78. The van der Waals surface area contributed by atoms with Gasteiger partial charge < -0.3 is 24.2 Å². The van der Waals surface area contributed by atoms with E-state index in [2.05, 4.69) is 26.1 Å². The van der Waals surface area contributed by atoms with Crippen molar-refractivity contribution in [1.29, 1.82) is 0 Å². The first kappa shape index (κ1) is 19.2. The van der Waals surface area contributed by atoms with Crippen molar-refractivity contribution in [2.45, 2.75) is 19.9 Å². The van der Waals surface area contributed by atoms with Gasteiger partial charge in [-0.05, 0) is 29.7 Å². The van der Waals surface area contributed by atoms with Crippen LogP contribution in [0.1, 0.15) is 18.1 Å². The monoisotopic (exact) mass is 398 g/mol. The summed E-state index contributed by atoms with van der Waals surface area (Å²) in [6.45, 7) is 6.01. The van der Waals surface area contributed by atoms with E-state index in [-0.39, 0.29) is 5.91 Å². The molecule has 2 aliphatic rings. The number of amides is 1. The van der Waals surface area contributed by atoms with Crippen LogP contribution in [0.2, 0.25) is 0 Å². The zero-order valence-electron chi connectivity index (χ0n) is 17.1. The van der Waals surface area contributed by atoms with E-state index in [4.69, 9.17) is 14.5 Å². The summed E-state index contributed by atoms with van der Waals surface area (Å²) < 4.78 is 10.9. The van der Waals surface area contributed by atoms with Crippen molar-refractivity contribution in [3.8, 4) is 11.5 Å². The Morgan fingerprint density at radius 1 is 0.966 bits per heavy atom. The van der Waals surface area contributed by atoms with Gasteiger partial charge in [0.2, 0.25) is 11.9 Å². The Labute approximate surface area is 170 Å². The van der Waals surface area contributed by atoms with Crippen molar-refractivity contribution < 1.29 is 14.3 Å². The van der Waals surface area contributed by atoms with Crippen LogP contribution in [0.5, 0.6) is 11.5 Å². The first-order valence-corrected chi connectivity index (χ1v) is 9.78. The number of ether oxygens (including phenoxy) is 2. The quantitative estimate of drug-likeness (QED) is 0.758. The molecule has 4 rings (SSSR count). The van der Waals surface area contributed by atoms with E-state index in [1.807, 2.05) is 11.0 Å². The third-order valence-corrected chi connectivity index (χ3v) is 5.58. The smallest absolute Gasteiger partial charge is 0.247 e. The highest BCUT2D eigenvalue weighted by Crippen LogP contribution is 2.34. The molecule has 0 bridgehead atoms. The Hall–Kier alpha value is -3.10. The van der Waals surface area contributed by atoms with E-state index in [0.29, 0.717) is 25.6 Å². The van der Waals surface area contributed by atoms with Gasteiger partial charge in [-0.2, -0.15) is 10.1 Å². The molecule has 29 heavy (non-hydrogen) atoms. The Morgan fingerprint density at radius 2 is 1.66 bits per heavy atom. The standard InChI is InChI=1S/C20H26N6O3/c1-14(27)24-6-8-25(9-7-24)19-12-21-23-20(22-19)26-5-4-15-10-17(28-2)18(29-3)11-16(15)13-26/h10-12H,4-9,13H2,1-3H3. The molecule has 1 saturated heterocycles. The molecule has 2 aromatic rings. The molecule has 2 aliphatic heterocycles. The molecule has 1 fully saturated rings. The molecule has 1 aromatic heterocycles. The average Bonchev–Trinajstić information content (AvgIpc) is 2.77. The highest BCUT2D eigenvalue weighted by Gasteiger charge is 2.24. The van der Waals surface area contributed by atoms with Gasteiger partial charge in [0.25, 0.3) is 0 Å². The Bertz CT molecular complexity index is 898. The lowest BCUT2D eigenvalue weighted by Crippen LogP contribution is -2.48. The molecule has 9 heteroatoms. The molecular formula is C20H26N6O3. The van der Waals surface area contributed by atoms with Crippen molar-refractivity contribution in [2.24, 2.45) is 0 Å². The maximum Gasteiger partial charge on any atom is 0.247 e. The summed E-state index contributed by atoms with van der Waals surface area (Å²) in [4.78, 5) is 22.4. The second-order valence-corrected chi connectivity index (χ2v) is 7.26. The Balaban J connectivity index is 1.50. The average molecular weight is 398 g/mol. The molecule has 0 saturated carbocycles. The molecule has 9 nitrogen and oxygen atoms in total. The highest BCUT2D eigenvalue weighted by molar-refractivity contribution is 5.73. The lowest BCUT2D eigenvalue weighted by Gasteiger charge is -2.35. The van der Waals surface area contributed by atoms with Crippen LogP contribution in [0, 0.1) is 0 Å². The molecule has 3 heterocycles. The number of benzene rings is 1. The molecule has 1 amide bonds. The zero-order valence-corrected chi connectivity index (χ0v) is 17.1. The molecule has 154 valence electrons. The third-order valence-electron chi connectivity index (χ3n) is 5.58. The third kappa shape index (κ3) is 3.90. The van der Waals surface area contributed by atoms with Crippen molar-refractivity contribution in [2.75, 3.05) is 56.7 Å². The maximum absolute atomic E-state index is 11.5. The van der Waals surface area contributed by atoms with Gasteiger partial charge in [-0.15, -0.1) is 5.10 Å². The van der Waals surface area contributed by atoms with E-state index >= 15 is 0 Å². The van der Waals surface area contributed by atoms with Crippen molar-refractivity contribution >= 4 is 17.7 Å². The Morgan fingerprint density at radius 3 is 2.31 bits per heavy atom.